The van der Waals surface area contributed by atoms with Crippen molar-refractivity contribution in [2.24, 2.45) is 0 Å². The van der Waals surface area contributed by atoms with E-state index in [0.29, 0.717) is 48.2 Å². The topological polar surface area (TPSA) is 73.0 Å². The second-order valence-corrected chi connectivity index (χ2v) is 8.96. The van der Waals surface area contributed by atoms with Crippen molar-refractivity contribution in [1.29, 1.82) is 0 Å². The first-order chi connectivity index (χ1) is 14.8. The molecule has 1 amide bonds. The maximum atomic E-state index is 12.6. The van der Waals surface area contributed by atoms with Crippen molar-refractivity contribution in [3.63, 3.8) is 0 Å². The van der Waals surface area contributed by atoms with E-state index in [9.17, 15) is 4.79 Å². The Morgan fingerprint density at radius 3 is 2.45 bits per heavy atom. The monoisotopic (exact) mass is 558 g/mol. The molecule has 0 aliphatic rings. The zero-order chi connectivity index (χ0) is 22.1. The van der Waals surface area contributed by atoms with E-state index in [4.69, 9.17) is 50.9 Å². The third-order valence-corrected chi connectivity index (χ3v) is 5.95. The molecule has 0 saturated carbocycles. The number of halogens is 5. The molecule has 0 unspecified atom stereocenters. The molecule has 6 nitrogen and oxygen atoms in total. The van der Waals surface area contributed by atoms with Crippen LogP contribution in [0.5, 0.6) is 0 Å². The lowest BCUT2D eigenvalue weighted by Crippen LogP contribution is -2.13. The SMILES string of the molecule is O=C(Nc1nn(Cc2ccc(Cl)cc2Cl)cc1Br)c1cc(-c2ccc(Cl)cc2Cl)on1. The van der Waals surface area contributed by atoms with Gasteiger partial charge < -0.3 is 9.84 Å². The predicted molar refractivity (Wildman–Crippen MR) is 125 cm³/mol. The van der Waals surface area contributed by atoms with Gasteiger partial charge in [0.25, 0.3) is 5.91 Å². The maximum absolute atomic E-state index is 12.6. The summed E-state index contributed by atoms with van der Waals surface area (Å²) in [4.78, 5) is 12.6. The van der Waals surface area contributed by atoms with E-state index in [-0.39, 0.29) is 5.69 Å². The molecule has 0 fully saturated rings. The van der Waals surface area contributed by atoms with Crippen LogP contribution in [0.25, 0.3) is 11.3 Å². The first-order valence-electron chi connectivity index (χ1n) is 8.70. The van der Waals surface area contributed by atoms with Crippen LogP contribution in [0.1, 0.15) is 16.1 Å². The van der Waals surface area contributed by atoms with Crippen molar-refractivity contribution in [2.75, 3.05) is 5.32 Å². The van der Waals surface area contributed by atoms with Gasteiger partial charge in [-0.15, -0.1) is 0 Å². The van der Waals surface area contributed by atoms with Gasteiger partial charge in [0, 0.05) is 32.9 Å². The fraction of sp³-hybridized carbons (Fsp3) is 0.0500. The van der Waals surface area contributed by atoms with Gasteiger partial charge in [-0.05, 0) is 51.8 Å². The molecule has 2 aromatic heterocycles. The van der Waals surface area contributed by atoms with Crippen molar-refractivity contribution >= 4 is 74.1 Å². The lowest BCUT2D eigenvalue weighted by Gasteiger charge is -2.05. The minimum atomic E-state index is -0.490. The maximum Gasteiger partial charge on any atom is 0.279 e. The van der Waals surface area contributed by atoms with Crippen LogP contribution in [0, 0.1) is 0 Å². The van der Waals surface area contributed by atoms with E-state index < -0.39 is 5.91 Å². The lowest BCUT2D eigenvalue weighted by molar-refractivity contribution is 0.101. The first-order valence-corrected chi connectivity index (χ1v) is 11.0. The van der Waals surface area contributed by atoms with Crippen LogP contribution >= 0.6 is 62.3 Å². The fourth-order valence-corrected chi connectivity index (χ4v) is 4.14. The molecule has 31 heavy (non-hydrogen) atoms. The Morgan fingerprint density at radius 2 is 1.74 bits per heavy atom. The van der Waals surface area contributed by atoms with Gasteiger partial charge in [0.15, 0.2) is 17.3 Å². The number of anilines is 1. The van der Waals surface area contributed by atoms with E-state index in [1.165, 1.54) is 6.07 Å². The van der Waals surface area contributed by atoms with Crippen molar-refractivity contribution in [3.05, 3.63) is 84.5 Å². The molecule has 0 bridgehead atoms. The summed E-state index contributed by atoms with van der Waals surface area (Å²) < 4.78 is 7.49. The van der Waals surface area contributed by atoms with Crippen LogP contribution in [0.2, 0.25) is 20.1 Å². The minimum absolute atomic E-state index is 0.0724. The lowest BCUT2D eigenvalue weighted by atomic mass is 10.1. The number of amides is 1. The van der Waals surface area contributed by atoms with Crippen molar-refractivity contribution in [1.82, 2.24) is 14.9 Å². The molecule has 0 aliphatic heterocycles. The molecule has 4 aromatic rings. The molecule has 2 heterocycles. The van der Waals surface area contributed by atoms with Crippen LogP contribution in [0.4, 0.5) is 5.82 Å². The van der Waals surface area contributed by atoms with E-state index in [2.05, 4.69) is 31.5 Å². The van der Waals surface area contributed by atoms with Crippen LogP contribution < -0.4 is 5.32 Å². The molecule has 0 atom stereocenters. The van der Waals surface area contributed by atoms with Gasteiger partial charge in [0.05, 0.1) is 16.0 Å². The summed E-state index contributed by atoms with van der Waals surface area (Å²) >= 11 is 27.6. The highest BCUT2D eigenvalue weighted by atomic mass is 79.9. The van der Waals surface area contributed by atoms with Crippen molar-refractivity contribution in [3.8, 4) is 11.3 Å². The summed E-state index contributed by atoms with van der Waals surface area (Å²) in [6.45, 7) is 0.396. The Morgan fingerprint density at radius 1 is 1.03 bits per heavy atom. The van der Waals surface area contributed by atoms with Crippen LogP contribution in [0.3, 0.4) is 0 Å². The Balaban J connectivity index is 1.50. The summed E-state index contributed by atoms with van der Waals surface area (Å²) in [5.41, 5.74) is 1.48. The molecule has 2 aromatic carbocycles. The van der Waals surface area contributed by atoms with E-state index in [0.717, 1.165) is 5.56 Å². The highest BCUT2D eigenvalue weighted by Gasteiger charge is 2.18. The molecule has 11 heteroatoms. The molecular weight excluding hydrogens is 550 g/mol. The fourth-order valence-electron chi connectivity index (χ4n) is 2.76. The molecule has 0 radical (unpaired) electrons. The number of carbonyl (C=O) groups excluding carboxylic acids is 1. The molecule has 0 spiro atoms. The van der Waals surface area contributed by atoms with E-state index in [1.807, 2.05) is 6.07 Å². The molecule has 0 saturated heterocycles. The first kappa shape index (κ1) is 22.2. The second kappa shape index (κ2) is 9.22. The summed E-state index contributed by atoms with van der Waals surface area (Å²) in [5, 5.41) is 12.8. The number of carbonyl (C=O) groups is 1. The third-order valence-electron chi connectivity index (χ3n) is 4.24. The highest BCUT2D eigenvalue weighted by molar-refractivity contribution is 9.10. The summed E-state index contributed by atoms with van der Waals surface area (Å²) in [6.07, 6.45) is 1.72. The number of rotatable bonds is 5. The summed E-state index contributed by atoms with van der Waals surface area (Å²) in [5.74, 6) is 0.175. The third kappa shape index (κ3) is 5.07. The number of aromatic nitrogens is 3. The number of nitrogens with one attached hydrogen (secondary N) is 1. The van der Waals surface area contributed by atoms with Crippen LogP contribution in [-0.4, -0.2) is 20.8 Å². The second-order valence-electron chi connectivity index (χ2n) is 6.41. The van der Waals surface area contributed by atoms with E-state index >= 15 is 0 Å². The van der Waals surface area contributed by atoms with Gasteiger partial charge in [0.1, 0.15) is 0 Å². The van der Waals surface area contributed by atoms with Crippen LogP contribution in [-0.2, 0) is 6.54 Å². The Bertz CT molecular complexity index is 1290. The van der Waals surface area contributed by atoms with Gasteiger partial charge >= 0.3 is 0 Å². The number of nitrogens with zero attached hydrogens (tertiary/aromatic N) is 3. The average molecular weight is 561 g/mol. The zero-order valence-corrected chi connectivity index (χ0v) is 20.0. The Labute approximate surface area is 205 Å². The molecule has 0 aliphatic carbocycles. The number of hydrogen-bond acceptors (Lipinski definition) is 4. The van der Waals surface area contributed by atoms with Gasteiger partial charge in [-0.2, -0.15) is 5.10 Å². The Hall–Kier alpha value is -2.03. The normalized spacial score (nSPS) is 11.0. The zero-order valence-electron chi connectivity index (χ0n) is 15.4. The standard InChI is InChI=1S/C20H11BrCl4N4O2/c21-14-9-29(8-10-1-2-11(22)5-15(10)24)27-19(14)26-20(30)17-7-18(31-28-17)13-4-3-12(23)6-16(13)25/h1-7,9H,8H2,(H,26,27,30). The number of benzene rings is 2. The van der Waals surface area contributed by atoms with Gasteiger partial charge in [-0.25, -0.2) is 0 Å². The van der Waals surface area contributed by atoms with Gasteiger partial charge in [-0.3, -0.25) is 9.48 Å². The van der Waals surface area contributed by atoms with Crippen LogP contribution in [0.15, 0.2) is 57.7 Å². The molecule has 1 N–H and O–H groups in total. The summed E-state index contributed by atoms with van der Waals surface area (Å²) in [7, 11) is 0. The molecular formula is C20H11BrCl4N4O2. The Kier molecular flexibility index (Phi) is 6.60. The van der Waals surface area contributed by atoms with Crippen molar-refractivity contribution < 1.29 is 9.32 Å². The quantitative estimate of drug-likeness (QED) is 0.280. The van der Waals surface area contributed by atoms with E-state index in [1.54, 1.807) is 41.2 Å². The average Bonchev–Trinajstić information content (AvgIpc) is 3.31. The predicted octanol–water partition coefficient (Wildman–Crippen LogP) is 7.21. The smallest absolute Gasteiger partial charge is 0.279 e. The van der Waals surface area contributed by atoms with Gasteiger partial charge in [0.2, 0.25) is 0 Å². The summed E-state index contributed by atoms with van der Waals surface area (Å²) in [6, 6.07) is 11.7. The largest absolute Gasteiger partial charge is 0.355 e. The molecule has 158 valence electrons. The van der Waals surface area contributed by atoms with Crippen molar-refractivity contribution in [2.45, 2.75) is 6.54 Å². The highest BCUT2D eigenvalue weighted by Crippen LogP contribution is 2.31. The molecule has 4 rings (SSSR count). The number of hydrogen-bond donors (Lipinski definition) is 1. The minimum Gasteiger partial charge on any atom is -0.355 e. The van der Waals surface area contributed by atoms with Gasteiger partial charge in [-0.1, -0.05) is 57.6 Å².